The number of hydrogen-bond acceptors (Lipinski definition) is 6. The van der Waals surface area contributed by atoms with Crippen LogP contribution in [0.5, 0.6) is 17.2 Å². The predicted octanol–water partition coefficient (Wildman–Crippen LogP) is 2.38. The van der Waals surface area contributed by atoms with Gasteiger partial charge in [0.25, 0.3) is 0 Å². The molecule has 1 saturated carbocycles. The Morgan fingerprint density at radius 3 is 2.21 bits per heavy atom. The first kappa shape index (κ1) is 16.4. The smallest absolute Gasteiger partial charge is 0.242 e. The number of rotatable bonds is 5. The van der Waals surface area contributed by atoms with Gasteiger partial charge in [-0.3, -0.25) is 4.79 Å². The summed E-state index contributed by atoms with van der Waals surface area (Å²) in [6.07, 6.45) is 2.93. The number of methoxy groups -OCH3 is 3. The van der Waals surface area contributed by atoms with Crippen molar-refractivity contribution in [1.82, 2.24) is 5.01 Å². The van der Waals surface area contributed by atoms with E-state index in [2.05, 4.69) is 5.10 Å². The van der Waals surface area contributed by atoms with Crippen LogP contribution in [0.1, 0.15) is 31.7 Å². The number of amides is 1. The third-order valence-electron chi connectivity index (χ3n) is 4.46. The van der Waals surface area contributed by atoms with Gasteiger partial charge in [0, 0.05) is 18.4 Å². The van der Waals surface area contributed by atoms with Crippen LogP contribution in [0.3, 0.4) is 0 Å². The molecule has 1 atom stereocenters. The van der Waals surface area contributed by atoms with Crippen molar-refractivity contribution < 1.29 is 23.7 Å². The van der Waals surface area contributed by atoms with Gasteiger partial charge in [0.05, 0.1) is 21.3 Å². The second-order valence-corrected chi connectivity index (χ2v) is 5.88. The summed E-state index contributed by atoms with van der Waals surface area (Å²) in [6.45, 7) is 1.50. The van der Waals surface area contributed by atoms with E-state index >= 15 is 0 Å². The topological polar surface area (TPSA) is 69.6 Å². The third kappa shape index (κ3) is 2.74. The van der Waals surface area contributed by atoms with Gasteiger partial charge >= 0.3 is 0 Å². The van der Waals surface area contributed by atoms with E-state index in [0.717, 1.165) is 19.3 Å². The molecule has 130 valence electrons. The Kier molecular flexibility index (Phi) is 4.51. The minimum atomic E-state index is -0.328. The summed E-state index contributed by atoms with van der Waals surface area (Å²) in [5.41, 5.74) is 0.678. The molecule has 0 N–H and O–H groups in total. The lowest BCUT2D eigenvalue weighted by molar-refractivity contribution is -0.139. The summed E-state index contributed by atoms with van der Waals surface area (Å²) in [6, 6.07) is 3.53. The molecule has 0 bridgehead atoms. The highest BCUT2D eigenvalue weighted by atomic mass is 16.5. The Balaban J connectivity index is 1.96. The van der Waals surface area contributed by atoms with E-state index < -0.39 is 0 Å². The van der Waals surface area contributed by atoms with Gasteiger partial charge in [0.1, 0.15) is 0 Å². The van der Waals surface area contributed by atoms with Gasteiger partial charge in [-0.05, 0) is 25.0 Å². The lowest BCUT2D eigenvalue weighted by atomic mass is 9.84. The van der Waals surface area contributed by atoms with E-state index in [1.807, 2.05) is 0 Å². The highest BCUT2D eigenvalue weighted by molar-refractivity contribution is 5.97. The number of carbonyl (C=O) groups is 1. The average molecular weight is 334 g/mol. The Labute approximate surface area is 141 Å². The molecule has 7 nitrogen and oxygen atoms in total. The predicted molar refractivity (Wildman–Crippen MR) is 87.4 cm³/mol. The van der Waals surface area contributed by atoms with Crippen molar-refractivity contribution >= 4 is 11.8 Å². The second-order valence-electron chi connectivity index (χ2n) is 5.88. The largest absolute Gasteiger partial charge is 0.493 e. The van der Waals surface area contributed by atoms with Crippen molar-refractivity contribution in [2.75, 3.05) is 21.3 Å². The van der Waals surface area contributed by atoms with Gasteiger partial charge in [-0.15, -0.1) is 5.10 Å². The van der Waals surface area contributed by atoms with Gasteiger partial charge in [-0.1, -0.05) is 6.42 Å². The van der Waals surface area contributed by atoms with Crippen LogP contribution in [-0.4, -0.2) is 44.4 Å². The first-order valence-corrected chi connectivity index (χ1v) is 7.94. The van der Waals surface area contributed by atoms with Crippen LogP contribution in [-0.2, 0) is 9.53 Å². The van der Waals surface area contributed by atoms with E-state index in [0.29, 0.717) is 34.6 Å². The van der Waals surface area contributed by atoms with Crippen molar-refractivity contribution in [2.24, 2.45) is 11.0 Å². The Hall–Kier alpha value is -2.44. The zero-order chi connectivity index (χ0) is 17.3. The monoisotopic (exact) mass is 334 g/mol. The van der Waals surface area contributed by atoms with Crippen molar-refractivity contribution in [2.45, 2.75) is 32.4 Å². The molecule has 2 aliphatic rings. The molecule has 24 heavy (non-hydrogen) atoms. The van der Waals surface area contributed by atoms with Crippen molar-refractivity contribution in [3.05, 3.63) is 17.7 Å². The van der Waals surface area contributed by atoms with Crippen LogP contribution in [0.4, 0.5) is 0 Å². The van der Waals surface area contributed by atoms with Crippen LogP contribution < -0.4 is 14.2 Å². The molecule has 3 rings (SSSR count). The van der Waals surface area contributed by atoms with Crippen LogP contribution in [0.2, 0.25) is 0 Å². The van der Waals surface area contributed by atoms with Gasteiger partial charge < -0.3 is 18.9 Å². The Morgan fingerprint density at radius 2 is 1.79 bits per heavy atom. The van der Waals surface area contributed by atoms with Crippen LogP contribution in [0.25, 0.3) is 0 Å². The summed E-state index contributed by atoms with van der Waals surface area (Å²) in [5, 5.41) is 5.81. The zero-order valence-electron chi connectivity index (χ0n) is 14.4. The summed E-state index contributed by atoms with van der Waals surface area (Å²) >= 11 is 0. The molecule has 1 unspecified atom stereocenters. The SMILES string of the molecule is COc1cc(C2=NN(C(C)=O)C(C3CCC3)O2)cc(OC)c1OC. The normalized spacial score (nSPS) is 20.1. The fourth-order valence-corrected chi connectivity index (χ4v) is 2.94. The number of carbonyl (C=O) groups excluding carboxylic acids is 1. The Morgan fingerprint density at radius 1 is 1.17 bits per heavy atom. The van der Waals surface area contributed by atoms with E-state index in [4.69, 9.17) is 18.9 Å². The number of ether oxygens (including phenoxy) is 4. The van der Waals surface area contributed by atoms with Gasteiger partial charge in [0.15, 0.2) is 17.7 Å². The fraction of sp³-hybridized carbons (Fsp3) is 0.529. The molecule has 1 aliphatic heterocycles. The van der Waals surface area contributed by atoms with Gasteiger partial charge in [-0.2, -0.15) is 5.01 Å². The molecule has 1 fully saturated rings. The highest BCUT2D eigenvalue weighted by Crippen LogP contribution is 2.40. The van der Waals surface area contributed by atoms with Crippen LogP contribution in [0, 0.1) is 5.92 Å². The number of hydrazone groups is 1. The molecular weight excluding hydrogens is 312 g/mol. The maximum absolute atomic E-state index is 11.9. The number of hydrogen-bond donors (Lipinski definition) is 0. The first-order chi connectivity index (χ1) is 11.6. The molecular formula is C17H22N2O5. The average Bonchev–Trinajstić information content (AvgIpc) is 2.96. The van der Waals surface area contributed by atoms with E-state index in [1.165, 1.54) is 11.9 Å². The van der Waals surface area contributed by atoms with Crippen LogP contribution >= 0.6 is 0 Å². The second kappa shape index (κ2) is 6.59. The molecule has 0 saturated heterocycles. The first-order valence-electron chi connectivity index (χ1n) is 7.94. The standard InChI is InChI=1S/C17H22N2O5/c1-10(20)19-17(11-6-5-7-11)24-16(18-19)12-8-13(21-2)15(23-4)14(9-12)22-3/h8-9,11,17H,5-7H2,1-4H3. The Bertz CT molecular complexity index is 644. The van der Waals surface area contributed by atoms with E-state index in [9.17, 15) is 4.79 Å². The molecule has 0 radical (unpaired) electrons. The minimum absolute atomic E-state index is 0.130. The van der Waals surface area contributed by atoms with Crippen molar-refractivity contribution in [3.8, 4) is 17.2 Å². The zero-order valence-corrected chi connectivity index (χ0v) is 14.4. The minimum Gasteiger partial charge on any atom is -0.493 e. The van der Waals surface area contributed by atoms with Crippen molar-refractivity contribution in [3.63, 3.8) is 0 Å². The quantitative estimate of drug-likeness (QED) is 0.827. The molecule has 1 aliphatic carbocycles. The molecule has 1 amide bonds. The lowest BCUT2D eigenvalue weighted by Gasteiger charge is -2.33. The van der Waals surface area contributed by atoms with E-state index in [1.54, 1.807) is 33.5 Å². The van der Waals surface area contributed by atoms with Gasteiger partial charge in [-0.25, -0.2) is 0 Å². The maximum Gasteiger partial charge on any atom is 0.242 e. The summed E-state index contributed by atoms with van der Waals surface area (Å²) in [4.78, 5) is 11.9. The van der Waals surface area contributed by atoms with Crippen LogP contribution in [0.15, 0.2) is 17.2 Å². The summed E-state index contributed by atoms with van der Waals surface area (Å²) < 4.78 is 22.1. The molecule has 7 heteroatoms. The third-order valence-corrected chi connectivity index (χ3v) is 4.46. The van der Waals surface area contributed by atoms with Gasteiger partial charge in [0.2, 0.25) is 17.6 Å². The number of benzene rings is 1. The fourth-order valence-electron chi connectivity index (χ4n) is 2.94. The van der Waals surface area contributed by atoms with Crippen molar-refractivity contribution in [1.29, 1.82) is 0 Å². The molecule has 1 aromatic carbocycles. The molecule has 1 heterocycles. The number of nitrogens with zero attached hydrogens (tertiary/aromatic N) is 2. The molecule has 1 aromatic rings. The maximum atomic E-state index is 11.9. The molecule has 0 aromatic heterocycles. The molecule has 0 spiro atoms. The summed E-state index contributed by atoms with van der Waals surface area (Å²) in [5.74, 6) is 2.12. The summed E-state index contributed by atoms with van der Waals surface area (Å²) in [7, 11) is 4.66. The highest BCUT2D eigenvalue weighted by Gasteiger charge is 2.40. The lowest BCUT2D eigenvalue weighted by Crippen LogP contribution is -2.41. The van der Waals surface area contributed by atoms with E-state index in [-0.39, 0.29) is 12.1 Å².